The number of hydrogen-bond donors (Lipinski definition) is 2. The summed E-state index contributed by atoms with van der Waals surface area (Å²) in [6, 6.07) is 15.1. The Balaban J connectivity index is 1.49. The quantitative estimate of drug-likeness (QED) is 0.508. The zero-order chi connectivity index (χ0) is 20.5. The number of carbonyl (C=O) groups excluding carboxylic acids is 1. The molecule has 1 aliphatic heterocycles. The van der Waals surface area contributed by atoms with Gasteiger partial charge < -0.3 is 10.6 Å². The first kappa shape index (κ1) is 18.7. The third kappa shape index (κ3) is 3.42. The van der Waals surface area contributed by atoms with Crippen molar-refractivity contribution < 1.29 is 4.79 Å². The van der Waals surface area contributed by atoms with Crippen LogP contribution in [0.3, 0.4) is 0 Å². The zero-order valence-electron chi connectivity index (χ0n) is 16.6. The Kier molecular flexibility index (Phi) is 4.90. The highest BCUT2D eigenvalue weighted by atomic mass is 16.2. The van der Waals surface area contributed by atoms with Crippen molar-refractivity contribution in [1.29, 1.82) is 0 Å². The molecule has 2 aromatic heterocycles. The van der Waals surface area contributed by atoms with Crippen LogP contribution in [0, 0.1) is 0 Å². The van der Waals surface area contributed by atoms with Crippen LogP contribution in [-0.2, 0) is 0 Å². The summed E-state index contributed by atoms with van der Waals surface area (Å²) in [7, 11) is 0. The van der Waals surface area contributed by atoms with Gasteiger partial charge in [-0.15, -0.1) is 0 Å². The maximum Gasteiger partial charge on any atom is 0.265 e. The molecular formula is C23H23N5O2. The number of carbonyl (C=O) groups is 1. The molecule has 0 spiro atoms. The molecule has 2 N–H and O–H groups in total. The third-order valence-corrected chi connectivity index (χ3v) is 5.67. The van der Waals surface area contributed by atoms with Crippen LogP contribution < -0.4 is 16.2 Å². The zero-order valence-corrected chi connectivity index (χ0v) is 16.6. The number of benzene rings is 2. The number of amides is 1. The Morgan fingerprint density at radius 2 is 1.83 bits per heavy atom. The Morgan fingerprint density at radius 1 is 1.07 bits per heavy atom. The van der Waals surface area contributed by atoms with Gasteiger partial charge in [0.05, 0.1) is 16.5 Å². The summed E-state index contributed by atoms with van der Waals surface area (Å²) in [5, 5.41) is 8.85. The summed E-state index contributed by atoms with van der Waals surface area (Å²) in [5.41, 5.74) is 1.21. The average Bonchev–Trinajstić information content (AvgIpc) is 2.78. The fourth-order valence-corrected chi connectivity index (χ4v) is 4.05. The molecule has 0 bridgehead atoms. The summed E-state index contributed by atoms with van der Waals surface area (Å²) in [4.78, 5) is 33.0. The average molecular weight is 401 g/mol. The van der Waals surface area contributed by atoms with Crippen molar-refractivity contribution in [2.24, 2.45) is 0 Å². The first-order valence-corrected chi connectivity index (χ1v) is 10.3. The minimum absolute atomic E-state index is 0.170. The van der Waals surface area contributed by atoms with Crippen molar-refractivity contribution >= 4 is 33.2 Å². The Bertz CT molecular complexity index is 1310. The molecule has 0 aliphatic carbocycles. The molecule has 1 aliphatic rings. The number of pyridine rings is 1. The van der Waals surface area contributed by atoms with Crippen LogP contribution in [-0.4, -0.2) is 59.5 Å². The van der Waals surface area contributed by atoms with Crippen LogP contribution in [0.25, 0.3) is 27.3 Å². The van der Waals surface area contributed by atoms with Gasteiger partial charge in [0.15, 0.2) is 5.65 Å². The highest BCUT2D eigenvalue weighted by molar-refractivity contribution is 6.02. The summed E-state index contributed by atoms with van der Waals surface area (Å²) < 4.78 is 1.46. The Morgan fingerprint density at radius 3 is 2.63 bits per heavy atom. The predicted molar refractivity (Wildman–Crippen MR) is 118 cm³/mol. The molecule has 3 heterocycles. The maximum absolute atomic E-state index is 13.1. The molecule has 4 aromatic rings. The van der Waals surface area contributed by atoms with E-state index in [0.29, 0.717) is 28.7 Å². The first-order valence-electron chi connectivity index (χ1n) is 10.3. The molecule has 0 radical (unpaired) electrons. The van der Waals surface area contributed by atoms with Crippen molar-refractivity contribution in [3.05, 3.63) is 70.6 Å². The molecule has 0 unspecified atom stereocenters. The number of hydrogen-bond acceptors (Lipinski definition) is 5. The smallest absolute Gasteiger partial charge is 0.265 e. The van der Waals surface area contributed by atoms with E-state index < -0.39 is 0 Å². The molecule has 1 amide bonds. The van der Waals surface area contributed by atoms with E-state index in [2.05, 4.69) is 15.5 Å². The van der Waals surface area contributed by atoms with E-state index in [9.17, 15) is 9.59 Å². The van der Waals surface area contributed by atoms with Crippen LogP contribution in [0.4, 0.5) is 0 Å². The summed E-state index contributed by atoms with van der Waals surface area (Å²) in [6.45, 7) is 5.29. The molecule has 0 saturated carbocycles. The number of nitrogens with zero attached hydrogens (tertiary/aromatic N) is 3. The number of rotatable bonds is 4. The lowest BCUT2D eigenvalue weighted by Gasteiger charge is -2.27. The van der Waals surface area contributed by atoms with Crippen LogP contribution in [0.1, 0.15) is 10.4 Å². The molecule has 1 fully saturated rings. The van der Waals surface area contributed by atoms with Crippen LogP contribution >= 0.6 is 0 Å². The maximum atomic E-state index is 13.1. The number of fused-ring (bicyclic) bond motifs is 3. The minimum atomic E-state index is -0.213. The fraction of sp³-hybridized carbons (Fsp3) is 0.261. The molecule has 5 rings (SSSR count). The van der Waals surface area contributed by atoms with E-state index in [4.69, 9.17) is 4.98 Å². The van der Waals surface area contributed by atoms with Gasteiger partial charge in [-0.25, -0.2) is 4.98 Å². The van der Waals surface area contributed by atoms with E-state index in [1.807, 2.05) is 36.4 Å². The second-order valence-electron chi connectivity index (χ2n) is 7.60. The Hall–Kier alpha value is -3.29. The highest BCUT2D eigenvalue weighted by Crippen LogP contribution is 2.20. The van der Waals surface area contributed by atoms with E-state index in [1.165, 1.54) is 4.40 Å². The van der Waals surface area contributed by atoms with E-state index in [0.717, 1.165) is 43.5 Å². The largest absolute Gasteiger partial charge is 0.351 e. The topological polar surface area (TPSA) is 78.7 Å². The normalized spacial score (nSPS) is 15.1. The summed E-state index contributed by atoms with van der Waals surface area (Å²) in [5.74, 6) is -0.213. The number of nitrogens with one attached hydrogen (secondary N) is 2. The van der Waals surface area contributed by atoms with Crippen LogP contribution in [0.2, 0.25) is 0 Å². The van der Waals surface area contributed by atoms with Crippen LogP contribution in [0.5, 0.6) is 0 Å². The first-order chi connectivity index (χ1) is 14.7. The SMILES string of the molecule is O=C(NCCN1CCNCC1)c1cccn2c(=O)c3cc4ccccc4cc3nc12. The van der Waals surface area contributed by atoms with Gasteiger partial charge in [0.2, 0.25) is 0 Å². The second kappa shape index (κ2) is 7.85. The molecule has 0 atom stereocenters. The second-order valence-corrected chi connectivity index (χ2v) is 7.60. The molecule has 7 nitrogen and oxygen atoms in total. The molecule has 1 saturated heterocycles. The third-order valence-electron chi connectivity index (χ3n) is 5.67. The monoisotopic (exact) mass is 401 g/mol. The van der Waals surface area contributed by atoms with Gasteiger partial charge in [0, 0.05) is 45.5 Å². The lowest BCUT2D eigenvalue weighted by molar-refractivity contribution is 0.0948. The lowest BCUT2D eigenvalue weighted by Crippen LogP contribution is -2.46. The van der Waals surface area contributed by atoms with Crippen molar-refractivity contribution in [3.63, 3.8) is 0 Å². The van der Waals surface area contributed by atoms with Gasteiger partial charge in [-0.05, 0) is 35.0 Å². The predicted octanol–water partition coefficient (Wildman–Crippen LogP) is 1.64. The molecule has 7 heteroatoms. The highest BCUT2D eigenvalue weighted by Gasteiger charge is 2.15. The molecule has 30 heavy (non-hydrogen) atoms. The fourth-order valence-electron chi connectivity index (χ4n) is 4.05. The van der Waals surface area contributed by atoms with Gasteiger partial charge >= 0.3 is 0 Å². The van der Waals surface area contributed by atoms with Crippen LogP contribution in [0.15, 0.2) is 59.5 Å². The number of piperazine rings is 1. The van der Waals surface area contributed by atoms with Gasteiger partial charge in [-0.3, -0.25) is 18.9 Å². The van der Waals surface area contributed by atoms with Gasteiger partial charge in [0.25, 0.3) is 11.5 Å². The number of aromatic nitrogens is 2. The molecule has 2 aromatic carbocycles. The summed E-state index contributed by atoms with van der Waals surface area (Å²) in [6.07, 6.45) is 1.66. The van der Waals surface area contributed by atoms with E-state index in [-0.39, 0.29) is 11.5 Å². The van der Waals surface area contributed by atoms with Crippen molar-refractivity contribution in [1.82, 2.24) is 24.9 Å². The van der Waals surface area contributed by atoms with E-state index >= 15 is 0 Å². The van der Waals surface area contributed by atoms with E-state index in [1.54, 1.807) is 18.3 Å². The van der Waals surface area contributed by atoms with Gasteiger partial charge in [-0.1, -0.05) is 24.3 Å². The van der Waals surface area contributed by atoms with Crippen molar-refractivity contribution in [2.75, 3.05) is 39.3 Å². The van der Waals surface area contributed by atoms with Crippen molar-refractivity contribution in [3.8, 4) is 0 Å². The summed E-state index contributed by atoms with van der Waals surface area (Å²) >= 11 is 0. The Labute approximate surface area is 173 Å². The van der Waals surface area contributed by atoms with Gasteiger partial charge in [-0.2, -0.15) is 0 Å². The van der Waals surface area contributed by atoms with Gasteiger partial charge in [0.1, 0.15) is 0 Å². The lowest BCUT2D eigenvalue weighted by atomic mass is 10.1. The van der Waals surface area contributed by atoms with Crippen molar-refractivity contribution in [2.45, 2.75) is 0 Å². The molecular weight excluding hydrogens is 378 g/mol. The minimum Gasteiger partial charge on any atom is -0.351 e. The molecule has 152 valence electrons. The standard InChI is InChI=1S/C23H23N5O2/c29-22(25-9-13-27-11-7-24-8-12-27)18-6-3-10-28-21(18)26-20-15-17-5-2-1-4-16(17)14-19(20)23(28)30/h1-6,10,14-15,24H,7-9,11-13H2,(H,25,29).